The van der Waals surface area contributed by atoms with E-state index in [1.165, 1.54) is 24.3 Å². The molecule has 0 bridgehead atoms. The lowest BCUT2D eigenvalue weighted by atomic mass is 10.2. The highest BCUT2D eigenvalue weighted by atomic mass is 32.2. The van der Waals surface area contributed by atoms with Crippen LogP contribution in [0.15, 0.2) is 16.3 Å². The quantitative estimate of drug-likeness (QED) is 0.845. The molecule has 0 saturated carbocycles. The first-order valence-corrected chi connectivity index (χ1v) is 7.82. The highest BCUT2D eigenvalue weighted by Gasteiger charge is 2.32. The van der Waals surface area contributed by atoms with Gasteiger partial charge in [-0.15, -0.1) is 11.3 Å². The zero-order valence-electron chi connectivity index (χ0n) is 10.4. The van der Waals surface area contributed by atoms with Crippen molar-refractivity contribution in [2.45, 2.75) is 37.0 Å². The van der Waals surface area contributed by atoms with E-state index >= 15 is 0 Å². The molecule has 4 nitrogen and oxygen atoms in total. The summed E-state index contributed by atoms with van der Waals surface area (Å²) in [5, 5.41) is 4.41. The van der Waals surface area contributed by atoms with Gasteiger partial charge in [-0.3, -0.25) is 0 Å². The third-order valence-electron chi connectivity index (χ3n) is 2.23. The molecular weight excluding hydrogens is 301 g/mol. The van der Waals surface area contributed by atoms with Crippen LogP contribution in [0.2, 0.25) is 0 Å². The molecule has 1 aromatic heterocycles. The molecule has 0 spiro atoms. The Morgan fingerprint density at radius 1 is 1.42 bits per heavy atom. The molecule has 110 valence electrons. The Morgan fingerprint density at radius 3 is 2.58 bits per heavy atom. The van der Waals surface area contributed by atoms with Gasteiger partial charge in [-0.05, 0) is 25.4 Å². The molecule has 0 aliphatic rings. The molecular formula is C10H15F3N2O2S2. The predicted octanol–water partition coefficient (Wildman–Crippen LogP) is 2.09. The number of alkyl halides is 3. The predicted molar refractivity (Wildman–Crippen MR) is 67.5 cm³/mol. The standard InChI is InChI=1S/C10H15F3N2O2S2/c1-7(5-10(11,12)13)15-19(16,17)9-3-4-18-8(9)6-14-2/h3-4,7,14-15H,5-6H2,1-2H3. The highest BCUT2D eigenvalue weighted by molar-refractivity contribution is 7.89. The van der Waals surface area contributed by atoms with Crippen molar-refractivity contribution in [2.24, 2.45) is 0 Å². The van der Waals surface area contributed by atoms with Gasteiger partial charge >= 0.3 is 6.18 Å². The minimum Gasteiger partial charge on any atom is -0.315 e. The van der Waals surface area contributed by atoms with Crippen LogP contribution in [-0.4, -0.2) is 27.7 Å². The number of sulfonamides is 1. The second-order valence-electron chi connectivity index (χ2n) is 4.08. The minimum absolute atomic E-state index is 0.0286. The Labute approximate surface area is 114 Å². The lowest BCUT2D eigenvalue weighted by Gasteiger charge is -2.16. The van der Waals surface area contributed by atoms with Crippen LogP contribution in [0.5, 0.6) is 0 Å². The Morgan fingerprint density at radius 2 is 2.05 bits per heavy atom. The molecule has 0 aliphatic carbocycles. The van der Waals surface area contributed by atoms with Crippen LogP contribution in [0.4, 0.5) is 13.2 Å². The van der Waals surface area contributed by atoms with Crippen LogP contribution in [-0.2, 0) is 16.6 Å². The van der Waals surface area contributed by atoms with E-state index in [9.17, 15) is 21.6 Å². The molecule has 0 amide bonds. The Hall–Kier alpha value is -0.640. The topological polar surface area (TPSA) is 58.2 Å². The largest absolute Gasteiger partial charge is 0.390 e. The zero-order chi connectivity index (χ0) is 14.7. The molecule has 1 heterocycles. The maximum absolute atomic E-state index is 12.2. The van der Waals surface area contributed by atoms with Gasteiger partial charge in [0.05, 0.1) is 11.3 Å². The summed E-state index contributed by atoms with van der Waals surface area (Å²) in [5.74, 6) is 0. The van der Waals surface area contributed by atoms with E-state index in [0.29, 0.717) is 11.4 Å². The molecule has 2 N–H and O–H groups in total. The van der Waals surface area contributed by atoms with E-state index in [4.69, 9.17) is 0 Å². The van der Waals surface area contributed by atoms with Gasteiger partial charge in [0.25, 0.3) is 0 Å². The minimum atomic E-state index is -4.40. The van der Waals surface area contributed by atoms with Crippen LogP contribution < -0.4 is 10.0 Å². The Bertz CT molecular complexity index is 511. The molecule has 0 saturated heterocycles. The average Bonchev–Trinajstić information content (AvgIpc) is 2.62. The second kappa shape index (κ2) is 6.21. The SMILES string of the molecule is CNCc1sccc1S(=O)(=O)NC(C)CC(F)(F)F. The fourth-order valence-corrected chi connectivity index (χ4v) is 4.27. The van der Waals surface area contributed by atoms with E-state index in [0.717, 1.165) is 0 Å². The van der Waals surface area contributed by atoms with E-state index in [1.807, 2.05) is 4.72 Å². The first kappa shape index (κ1) is 16.4. The van der Waals surface area contributed by atoms with Gasteiger partial charge in [-0.2, -0.15) is 13.2 Å². The zero-order valence-corrected chi connectivity index (χ0v) is 12.0. The van der Waals surface area contributed by atoms with Crippen LogP contribution >= 0.6 is 11.3 Å². The number of halogens is 3. The van der Waals surface area contributed by atoms with Gasteiger partial charge in [0, 0.05) is 17.5 Å². The molecule has 1 atom stereocenters. The van der Waals surface area contributed by atoms with E-state index in [1.54, 1.807) is 12.4 Å². The van der Waals surface area contributed by atoms with E-state index in [2.05, 4.69) is 5.32 Å². The summed E-state index contributed by atoms with van der Waals surface area (Å²) in [7, 11) is -2.26. The van der Waals surface area contributed by atoms with Gasteiger partial charge < -0.3 is 5.32 Å². The van der Waals surface area contributed by atoms with Crippen molar-refractivity contribution in [2.75, 3.05) is 7.05 Å². The number of rotatable bonds is 6. The summed E-state index contributed by atoms with van der Waals surface area (Å²) in [6.45, 7) is 1.54. The number of hydrogen-bond donors (Lipinski definition) is 2. The average molecular weight is 316 g/mol. The highest BCUT2D eigenvalue weighted by Crippen LogP contribution is 2.25. The second-order valence-corrected chi connectivity index (χ2v) is 6.76. The first-order chi connectivity index (χ1) is 8.65. The van der Waals surface area contributed by atoms with Crippen LogP contribution in [0, 0.1) is 0 Å². The summed E-state index contributed by atoms with van der Waals surface area (Å²) in [5.41, 5.74) is 0. The summed E-state index contributed by atoms with van der Waals surface area (Å²) >= 11 is 1.24. The molecule has 0 fully saturated rings. The maximum atomic E-state index is 12.2. The molecule has 0 radical (unpaired) electrons. The molecule has 1 aromatic rings. The summed E-state index contributed by atoms with van der Waals surface area (Å²) in [4.78, 5) is 0.593. The van der Waals surface area contributed by atoms with Gasteiger partial charge in [0.1, 0.15) is 0 Å². The third-order valence-corrected chi connectivity index (χ3v) is 4.95. The normalized spacial score (nSPS) is 14.6. The third kappa shape index (κ3) is 5.09. The summed E-state index contributed by atoms with van der Waals surface area (Å²) in [6, 6.07) is 0.187. The van der Waals surface area contributed by atoms with Crippen molar-refractivity contribution in [1.29, 1.82) is 0 Å². The van der Waals surface area contributed by atoms with Gasteiger partial charge in [0.2, 0.25) is 10.0 Å². The monoisotopic (exact) mass is 316 g/mol. The van der Waals surface area contributed by atoms with Crippen LogP contribution in [0.3, 0.4) is 0 Å². The van der Waals surface area contributed by atoms with Gasteiger partial charge in [-0.1, -0.05) is 0 Å². The molecule has 1 unspecified atom stereocenters. The number of thiophene rings is 1. The number of nitrogens with one attached hydrogen (secondary N) is 2. The van der Waals surface area contributed by atoms with Crippen molar-refractivity contribution >= 4 is 21.4 Å². The van der Waals surface area contributed by atoms with Gasteiger partial charge in [0.15, 0.2) is 0 Å². The van der Waals surface area contributed by atoms with E-state index < -0.39 is 28.7 Å². The Balaban J connectivity index is 2.83. The molecule has 19 heavy (non-hydrogen) atoms. The molecule has 1 rings (SSSR count). The molecule has 9 heteroatoms. The lowest BCUT2D eigenvalue weighted by molar-refractivity contribution is -0.137. The Kier molecular flexibility index (Phi) is 5.36. The smallest absolute Gasteiger partial charge is 0.315 e. The van der Waals surface area contributed by atoms with Crippen LogP contribution in [0.25, 0.3) is 0 Å². The van der Waals surface area contributed by atoms with Gasteiger partial charge in [-0.25, -0.2) is 13.1 Å². The summed E-state index contributed by atoms with van der Waals surface area (Å²) in [6.07, 6.45) is -5.60. The molecule has 0 aliphatic heterocycles. The van der Waals surface area contributed by atoms with Crippen molar-refractivity contribution in [1.82, 2.24) is 10.0 Å². The maximum Gasteiger partial charge on any atom is 0.390 e. The lowest BCUT2D eigenvalue weighted by Crippen LogP contribution is -2.36. The molecule has 0 aromatic carbocycles. The fourth-order valence-electron chi connectivity index (χ4n) is 1.57. The van der Waals surface area contributed by atoms with Crippen molar-refractivity contribution in [3.05, 3.63) is 16.3 Å². The number of hydrogen-bond acceptors (Lipinski definition) is 4. The fraction of sp³-hybridized carbons (Fsp3) is 0.600. The van der Waals surface area contributed by atoms with E-state index in [-0.39, 0.29) is 4.90 Å². The first-order valence-electron chi connectivity index (χ1n) is 5.46. The van der Waals surface area contributed by atoms with Crippen LogP contribution in [0.1, 0.15) is 18.2 Å². The van der Waals surface area contributed by atoms with Crippen molar-refractivity contribution in [3.8, 4) is 0 Å². The van der Waals surface area contributed by atoms with Crippen molar-refractivity contribution in [3.63, 3.8) is 0 Å². The van der Waals surface area contributed by atoms with Crippen molar-refractivity contribution < 1.29 is 21.6 Å². The summed E-state index contributed by atoms with van der Waals surface area (Å²) < 4.78 is 62.6.